The van der Waals surface area contributed by atoms with E-state index in [1.54, 1.807) is 0 Å². The van der Waals surface area contributed by atoms with E-state index in [9.17, 15) is 24.0 Å². The van der Waals surface area contributed by atoms with Gasteiger partial charge in [0, 0.05) is 71.5 Å². The molecule has 25 heteroatoms. The lowest BCUT2D eigenvalue weighted by Gasteiger charge is -2.19. The number of rotatable bonds is 13. The summed E-state index contributed by atoms with van der Waals surface area (Å²) in [5.74, 6) is 0.597. The Morgan fingerprint density at radius 3 is 1.02 bits per heavy atom. The van der Waals surface area contributed by atoms with Gasteiger partial charge in [-0.25, -0.2) is 19.2 Å². The summed E-state index contributed by atoms with van der Waals surface area (Å²) in [6, 6.07) is 89.6. The van der Waals surface area contributed by atoms with Crippen LogP contribution < -0.4 is 24.4 Å². The molecule has 13 aromatic carbocycles. The molecule has 0 bridgehead atoms. The van der Waals surface area contributed by atoms with Gasteiger partial charge in [0.25, 0.3) is 0 Å². The summed E-state index contributed by atoms with van der Waals surface area (Å²) in [6.45, 7) is 0. The summed E-state index contributed by atoms with van der Waals surface area (Å²) >= 11 is 28.2. The van der Waals surface area contributed by atoms with Gasteiger partial charge < -0.3 is 18.9 Å². The molecule has 0 amide bonds. The number of carbonyl (C=O) groups is 4. The minimum atomic E-state index is -0.437. The Labute approximate surface area is 798 Å². The molecule has 0 saturated carbocycles. The van der Waals surface area contributed by atoms with Crippen molar-refractivity contribution in [1.82, 2.24) is 0 Å². The van der Waals surface area contributed by atoms with Crippen LogP contribution in [-0.4, -0.2) is 23.9 Å². The van der Waals surface area contributed by atoms with Gasteiger partial charge in [-0.15, -0.1) is 0 Å². The van der Waals surface area contributed by atoms with Crippen molar-refractivity contribution in [2.45, 2.75) is 39.2 Å². The van der Waals surface area contributed by atoms with E-state index in [1.807, 2.05) is 218 Å². The minimum Gasteiger partial charge on any atom is -0.423 e. The maximum absolute atomic E-state index is 13.1. The summed E-state index contributed by atoms with van der Waals surface area (Å²) in [6.07, 6.45) is 0. The van der Waals surface area contributed by atoms with Crippen molar-refractivity contribution in [1.29, 1.82) is 0 Å². The number of halogens is 12. The van der Waals surface area contributed by atoms with Crippen LogP contribution in [0.3, 0.4) is 0 Å². The minimum absolute atomic E-state index is 0.0669. The van der Waals surface area contributed by atoms with Crippen molar-refractivity contribution in [2.75, 3.05) is 0 Å². The zero-order valence-electron chi connectivity index (χ0n) is 54.8. The van der Waals surface area contributed by atoms with E-state index >= 15 is 0 Å². The number of benzene rings is 13. The molecule has 0 N–H and O–H groups in total. The van der Waals surface area contributed by atoms with Crippen LogP contribution in [0.2, 0.25) is 0 Å². The fraction of sp³-hybridized carbons (Fsp3) is 0. The maximum Gasteiger partial charge on any atom is 0.345 e. The Balaban J connectivity index is 0.000000145. The van der Waals surface area contributed by atoms with Gasteiger partial charge in [-0.05, 0) is 453 Å². The number of ether oxygens (including phenoxy) is 4. The molecular weight excluding hydrogens is 2790 g/mol. The van der Waals surface area contributed by atoms with Crippen LogP contribution in [0.1, 0.15) is 41.4 Å². The SMILES string of the molecule is O=C(Oc1ccc(-[s+]2c3ccccc3c(=O)c3ccccc32)cc1)c1c(I)ccc(I)c1I.O=C(Oc1ccc([S+](c2ccccc2)c2ccc(OC(=O)c3c(I)ccc(I)c3I)cc2)cc1)c1c(I)ccc(I)c1I.O=C(Oc1cccc([S+]2c3ccccc3Sc3ccccc32)c1)c1c(I)ccc(I)c1I. The molecule has 0 saturated heterocycles. The largest absolute Gasteiger partial charge is 0.423 e. The van der Waals surface area contributed by atoms with Crippen LogP contribution in [0.25, 0.3) is 25.1 Å². The molecule has 0 radical (unpaired) electrons. The lowest BCUT2D eigenvalue weighted by atomic mass is 10.2. The van der Waals surface area contributed by atoms with Gasteiger partial charge in [-0.1, -0.05) is 84.6 Å². The molecule has 15 rings (SSSR count). The molecule has 0 spiro atoms. The first-order valence-corrected chi connectivity index (χ1v) is 49.3. The first kappa shape index (κ1) is 83.4. The van der Waals surface area contributed by atoms with Gasteiger partial charge in [0.05, 0.1) is 53.7 Å². The van der Waals surface area contributed by atoms with E-state index < -0.39 is 21.4 Å². The summed E-state index contributed by atoms with van der Waals surface area (Å²) in [5, 5.41) is 1.50. The van der Waals surface area contributed by atoms with Crippen molar-refractivity contribution in [3.8, 4) is 27.9 Å². The lowest BCUT2D eigenvalue weighted by Crippen LogP contribution is -2.14. The second-order valence-electron chi connectivity index (χ2n) is 22.9. The van der Waals surface area contributed by atoms with Gasteiger partial charge in [-0.2, -0.15) is 0 Å². The summed E-state index contributed by atoms with van der Waals surface area (Å²) < 4.78 is 36.3. The number of esters is 4. The highest BCUT2D eigenvalue weighted by molar-refractivity contribution is 14.1. The first-order chi connectivity index (χ1) is 52.1. The second kappa shape index (κ2) is 38.5. The van der Waals surface area contributed by atoms with Crippen LogP contribution in [0, 0.1) is 42.8 Å². The first-order valence-electron chi connectivity index (χ1n) is 31.8. The number of hydrogen-bond donors (Lipinski definition) is 0. The average molecular weight is 2840 g/mol. The van der Waals surface area contributed by atoms with Crippen LogP contribution in [-0.2, 0) is 21.8 Å². The van der Waals surface area contributed by atoms with E-state index in [4.69, 9.17) is 18.9 Å². The fourth-order valence-electron chi connectivity index (χ4n) is 11.1. The van der Waals surface area contributed by atoms with E-state index in [-0.39, 0.29) is 40.2 Å². The third kappa shape index (κ3) is 19.3. The van der Waals surface area contributed by atoms with Crippen molar-refractivity contribution < 1.29 is 38.1 Å². The zero-order valence-corrected chi connectivity index (χ0v) is 84.0. The van der Waals surface area contributed by atoms with Crippen molar-refractivity contribution in [2.24, 2.45) is 0 Å². The summed E-state index contributed by atoms with van der Waals surface area (Å²) in [7, 11) is -1.10. The van der Waals surface area contributed by atoms with E-state index in [0.717, 1.165) is 87.5 Å². The van der Waals surface area contributed by atoms with Gasteiger partial charge >= 0.3 is 23.9 Å². The lowest BCUT2D eigenvalue weighted by molar-refractivity contribution is 0.0722. The smallest absolute Gasteiger partial charge is 0.345 e. The van der Waals surface area contributed by atoms with Crippen LogP contribution in [0.4, 0.5) is 0 Å². The molecule has 536 valence electrons. The second-order valence-corrected chi connectivity index (χ2v) is 43.5. The summed E-state index contributed by atoms with van der Waals surface area (Å²) in [4.78, 5) is 75.7. The fourth-order valence-corrected chi connectivity index (χ4v) is 28.6. The zero-order chi connectivity index (χ0) is 76.0. The van der Waals surface area contributed by atoms with Gasteiger partial charge in [-0.3, -0.25) is 4.79 Å². The Bertz CT molecular complexity index is 5700. The van der Waals surface area contributed by atoms with Crippen molar-refractivity contribution in [3.63, 3.8) is 0 Å². The van der Waals surface area contributed by atoms with Gasteiger partial charge in [0.1, 0.15) is 33.9 Å². The highest BCUT2D eigenvalue weighted by atomic mass is 127. The molecule has 14 aromatic rings. The molecule has 1 aliphatic heterocycles. The molecular formula is C83H45I12O9S4+3. The van der Waals surface area contributed by atoms with Crippen LogP contribution >= 0.6 is 293 Å². The topological polar surface area (TPSA) is 122 Å². The number of carbonyl (C=O) groups excluding carboxylic acids is 4. The van der Waals surface area contributed by atoms with Crippen molar-refractivity contribution in [3.05, 3.63) is 348 Å². The average Bonchev–Trinajstić information content (AvgIpc) is 0.731. The standard InChI is InChI=1S/C32H17I6O4S.C26H14I3O3S.C25H14I3O2S2/c33-23-14-16-25(35)29(37)27(23)31(39)41-18-6-10-21(11-7-18)43(20-4-2-1-3-5-20)22-12-8-19(9-13-22)42-32(40)28-24(34)15-17-26(36)30(28)38;27-19-13-14-20(28)24(29)23(19)26(31)32-15-9-11-16(12-10-15)33-21-7-3-1-5-17(21)25(30)18-6-2-4-8-22(18)33;26-17-12-13-18(27)24(28)23(17)25(29)30-15-6-5-7-16(14-15)32-21-10-3-1-8-19(21)31-20-9-2-4-11-22(20)32/h1-17H;1-14H;1-14H/q3*+1. The highest BCUT2D eigenvalue weighted by Crippen LogP contribution is 2.49. The Morgan fingerprint density at radius 1 is 0.296 bits per heavy atom. The summed E-state index contributed by atoms with van der Waals surface area (Å²) in [5.41, 5.74) is 2.43. The molecule has 0 fully saturated rings. The van der Waals surface area contributed by atoms with Crippen LogP contribution in [0.5, 0.6) is 23.0 Å². The molecule has 0 atom stereocenters. The normalized spacial score (nSPS) is 11.5. The van der Waals surface area contributed by atoms with Crippen molar-refractivity contribution >= 4 is 359 Å². The Morgan fingerprint density at radius 2 is 0.620 bits per heavy atom. The predicted molar refractivity (Wildman–Crippen MR) is 537 cm³/mol. The highest BCUT2D eigenvalue weighted by Gasteiger charge is 2.39. The molecule has 1 aromatic heterocycles. The van der Waals surface area contributed by atoms with Crippen LogP contribution in [0.15, 0.2) is 317 Å². The third-order valence-corrected chi connectivity index (χ3v) is 40.2. The van der Waals surface area contributed by atoms with E-state index in [2.05, 4.69) is 338 Å². The number of hydrogen-bond acceptors (Lipinski definition) is 10. The third-order valence-electron chi connectivity index (χ3n) is 16.1. The monoisotopic (exact) mass is 2840 g/mol. The Hall–Kier alpha value is -2.56. The molecule has 1 aliphatic rings. The quantitative estimate of drug-likeness (QED) is 0.0275. The molecule has 2 heterocycles. The molecule has 0 aliphatic carbocycles. The number of fused-ring (bicyclic) bond motifs is 4. The Kier molecular flexibility index (Phi) is 29.7. The molecule has 108 heavy (non-hydrogen) atoms. The maximum atomic E-state index is 13.1. The van der Waals surface area contributed by atoms with Gasteiger partial charge in [0.15, 0.2) is 43.7 Å². The molecule has 9 nitrogen and oxygen atoms in total. The van der Waals surface area contributed by atoms with E-state index in [1.165, 1.54) is 19.6 Å². The van der Waals surface area contributed by atoms with E-state index in [0.29, 0.717) is 45.3 Å². The molecule has 0 unspecified atom stereocenters. The predicted octanol–water partition coefficient (Wildman–Crippen LogP) is 27.3. The van der Waals surface area contributed by atoms with Gasteiger partial charge in [0.2, 0.25) is 5.43 Å².